The number of carboxylic acid groups (broad SMARTS) is 1. The van der Waals surface area contributed by atoms with Gasteiger partial charge in [-0.05, 0) is 36.5 Å². The second-order valence-electron chi connectivity index (χ2n) is 11.6. The van der Waals surface area contributed by atoms with E-state index in [1.807, 2.05) is 66.9 Å². The number of nitrogens with one attached hydrogen (secondary N) is 1. The fourth-order valence-corrected chi connectivity index (χ4v) is 7.15. The van der Waals surface area contributed by atoms with E-state index in [-0.39, 0.29) is 17.9 Å². The van der Waals surface area contributed by atoms with E-state index in [4.69, 9.17) is 19.3 Å². The number of carbonyl (C=O) groups excluding carboxylic acids is 2. The lowest BCUT2D eigenvalue weighted by Crippen LogP contribution is -2.66. The Balaban J connectivity index is 0.00000103. The van der Waals surface area contributed by atoms with Gasteiger partial charge in [-0.2, -0.15) is 0 Å². The van der Waals surface area contributed by atoms with Crippen LogP contribution in [0.2, 0.25) is 0 Å². The topological polar surface area (TPSA) is 115 Å². The van der Waals surface area contributed by atoms with Crippen LogP contribution in [0.15, 0.2) is 71.3 Å². The summed E-state index contributed by atoms with van der Waals surface area (Å²) in [6, 6.07) is 19.6. The number of rotatable bonds is 7. The molecule has 8 heteroatoms. The molecule has 2 atom stereocenters. The first-order chi connectivity index (χ1) is 19.5. The van der Waals surface area contributed by atoms with Crippen LogP contribution in [-0.4, -0.2) is 52.6 Å². The Morgan fingerprint density at radius 1 is 1.02 bits per heavy atom. The third kappa shape index (κ3) is 5.83. The van der Waals surface area contributed by atoms with Gasteiger partial charge in [0.2, 0.25) is 5.89 Å². The summed E-state index contributed by atoms with van der Waals surface area (Å²) in [6.45, 7) is 3.33. The maximum Gasteiger partial charge on any atom is 0.251 e. The van der Waals surface area contributed by atoms with Crippen LogP contribution in [0.25, 0.3) is 0 Å². The molecule has 8 nitrogen and oxygen atoms in total. The molecule has 0 radical (unpaired) electrons. The standard InChI is InChI=1S/C31H37N3O3.CH2O2/c35-29(24-10-4-1-5-11-24)33-28-22-34(18-16-23(28)17-19-34)21-27-20-32-30(37-27)31(36,25-12-6-2-7-13-25)26-14-8-3-9-15-26;2-1-3/h1-2,4-7,10-13,20,23,26,28,36H,3,8-9,14-19,21-22H2;1H,(H,2,3)/t23?,28-,31-,34?;/m0./s1. The van der Waals surface area contributed by atoms with Crippen molar-refractivity contribution in [2.45, 2.75) is 63.1 Å². The number of hydrogen-bond acceptors (Lipinski definition) is 6. The first kappa shape index (κ1) is 28.1. The fourth-order valence-electron chi connectivity index (χ4n) is 7.15. The van der Waals surface area contributed by atoms with Crippen LogP contribution in [-0.2, 0) is 16.9 Å². The SMILES string of the molecule is O=C(N[C@H]1C[N+]2(Cc3cnc([C@](O)(c4ccccc4)C4CCCCC4)o3)CCC1CC2)c1ccccc1.O=C[O-]. The number of quaternary nitrogens is 1. The Bertz CT molecular complexity index is 1250. The van der Waals surface area contributed by atoms with Gasteiger partial charge in [0.05, 0.1) is 31.9 Å². The van der Waals surface area contributed by atoms with Gasteiger partial charge in [0.25, 0.3) is 5.91 Å². The van der Waals surface area contributed by atoms with Gasteiger partial charge >= 0.3 is 0 Å². The van der Waals surface area contributed by atoms with Gasteiger partial charge in [-0.3, -0.25) is 4.79 Å². The summed E-state index contributed by atoms with van der Waals surface area (Å²) in [4.78, 5) is 25.8. The van der Waals surface area contributed by atoms with Gasteiger partial charge in [-0.1, -0.05) is 67.8 Å². The van der Waals surface area contributed by atoms with E-state index in [1.54, 1.807) is 0 Å². The van der Waals surface area contributed by atoms with Gasteiger partial charge < -0.3 is 29.2 Å². The highest BCUT2D eigenvalue weighted by Crippen LogP contribution is 2.44. The fraction of sp³-hybridized carbons (Fsp3) is 0.469. The molecule has 7 rings (SSSR count). The van der Waals surface area contributed by atoms with E-state index in [9.17, 15) is 9.90 Å². The molecule has 40 heavy (non-hydrogen) atoms. The molecule has 4 fully saturated rings. The van der Waals surface area contributed by atoms with Crippen molar-refractivity contribution in [3.63, 3.8) is 0 Å². The van der Waals surface area contributed by atoms with Crippen LogP contribution in [0, 0.1) is 11.8 Å². The molecule has 0 spiro atoms. The third-order valence-electron chi connectivity index (χ3n) is 9.23. The lowest BCUT2D eigenvalue weighted by Gasteiger charge is -2.52. The number of aromatic nitrogens is 1. The van der Waals surface area contributed by atoms with Gasteiger partial charge in [0.1, 0.15) is 6.54 Å². The number of piperidine rings is 3. The molecule has 1 saturated carbocycles. The highest BCUT2D eigenvalue weighted by Gasteiger charge is 2.48. The molecule has 2 aromatic carbocycles. The number of carbonyl (C=O) groups is 2. The predicted octanol–water partition coefficient (Wildman–Crippen LogP) is 3.40. The van der Waals surface area contributed by atoms with Crippen molar-refractivity contribution in [2.24, 2.45) is 11.8 Å². The molecule has 3 aromatic rings. The Morgan fingerprint density at radius 2 is 1.65 bits per heavy atom. The molecule has 0 unspecified atom stereocenters. The zero-order chi connectivity index (χ0) is 28.0. The van der Waals surface area contributed by atoms with Gasteiger partial charge in [0, 0.05) is 30.8 Å². The Morgan fingerprint density at radius 3 is 2.30 bits per heavy atom. The molecular formula is C32H39N3O5. The summed E-state index contributed by atoms with van der Waals surface area (Å²) in [5, 5.41) is 23.7. The average molecular weight is 546 g/mol. The van der Waals surface area contributed by atoms with Crippen molar-refractivity contribution < 1.29 is 28.7 Å². The second kappa shape index (κ2) is 12.4. The molecular weight excluding hydrogens is 506 g/mol. The van der Waals surface area contributed by atoms with E-state index in [0.29, 0.717) is 17.4 Å². The molecule has 1 aliphatic carbocycles. The molecule has 1 amide bonds. The number of nitrogens with zero attached hydrogens (tertiary/aromatic N) is 2. The molecule has 3 saturated heterocycles. The van der Waals surface area contributed by atoms with Crippen molar-refractivity contribution in [3.05, 3.63) is 89.6 Å². The quantitative estimate of drug-likeness (QED) is 0.347. The lowest BCUT2D eigenvalue weighted by atomic mass is 9.73. The van der Waals surface area contributed by atoms with Crippen LogP contribution in [0.5, 0.6) is 0 Å². The van der Waals surface area contributed by atoms with E-state index >= 15 is 0 Å². The number of aliphatic hydroxyl groups is 1. The van der Waals surface area contributed by atoms with Gasteiger partial charge in [-0.15, -0.1) is 0 Å². The van der Waals surface area contributed by atoms with Gasteiger partial charge in [0.15, 0.2) is 11.4 Å². The third-order valence-corrected chi connectivity index (χ3v) is 9.23. The monoisotopic (exact) mass is 545 g/mol. The van der Waals surface area contributed by atoms with Crippen LogP contribution < -0.4 is 10.4 Å². The summed E-state index contributed by atoms with van der Waals surface area (Å²) in [5.41, 5.74) is 0.374. The average Bonchev–Trinajstić information content (AvgIpc) is 3.47. The molecule has 1 aromatic heterocycles. The zero-order valence-corrected chi connectivity index (χ0v) is 22.9. The predicted molar refractivity (Wildman–Crippen MR) is 148 cm³/mol. The van der Waals surface area contributed by atoms with Crippen molar-refractivity contribution in [3.8, 4) is 0 Å². The number of fused-ring (bicyclic) bond motifs is 3. The summed E-state index contributed by atoms with van der Waals surface area (Å²) in [7, 11) is 0. The minimum atomic E-state index is -1.21. The van der Waals surface area contributed by atoms with Crippen molar-refractivity contribution in [1.82, 2.24) is 10.3 Å². The van der Waals surface area contributed by atoms with E-state index in [2.05, 4.69) is 5.32 Å². The second-order valence-corrected chi connectivity index (χ2v) is 11.6. The molecule has 212 valence electrons. The first-order valence-corrected chi connectivity index (χ1v) is 14.5. The number of oxazole rings is 1. The number of hydrogen-bond donors (Lipinski definition) is 2. The molecule has 4 aliphatic rings. The van der Waals surface area contributed by atoms with Crippen molar-refractivity contribution >= 4 is 12.4 Å². The summed E-state index contributed by atoms with van der Waals surface area (Å²) in [5.74, 6) is 1.91. The van der Waals surface area contributed by atoms with Gasteiger partial charge in [-0.25, -0.2) is 4.98 Å². The Labute approximate surface area is 235 Å². The Kier molecular flexibility index (Phi) is 8.66. The minimum absolute atomic E-state index is 0.0138. The molecule has 2 N–H and O–H groups in total. The van der Waals surface area contributed by atoms with Crippen LogP contribution >= 0.6 is 0 Å². The molecule has 3 aliphatic heterocycles. The summed E-state index contributed by atoms with van der Waals surface area (Å²) < 4.78 is 7.33. The lowest BCUT2D eigenvalue weighted by molar-refractivity contribution is -0.956. The summed E-state index contributed by atoms with van der Waals surface area (Å²) in [6.07, 6.45) is 9.49. The highest BCUT2D eigenvalue weighted by molar-refractivity contribution is 5.94. The maximum absolute atomic E-state index is 12.9. The van der Waals surface area contributed by atoms with Crippen LogP contribution in [0.4, 0.5) is 0 Å². The maximum atomic E-state index is 12.9. The van der Waals surface area contributed by atoms with E-state index in [1.165, 1.54) is 6.42 Å². The number of amides is 1. The zero-order valence-electron chi connectivity index (χ0n) is 22.9. The Hall–Kier alpha value is -3.49. The summed E-state index contributed by atoms with van der Waals surface area (Å²) >= 11 is 0. The minimum Gasteiger partial charge on any atom is -0.554 e. The molecule has 4 heterocycles. The van der Waals surface area contributed by atoms with Crippen LogP contribution in [0.1, 0.15) is 72.5 Å². The van der Waals surface area contributed by atoms with Crippen molar-refractivity contribution in [2.75, 3.05) is 19.6 Å². The number of benzene rings is 2. The molecule has 2 bridgehead atoms. The van der Waals surface area contributed by atoms with Crippen LogP contribution in [0.3, 0.4) is 0 Å². The van der Waals surface area contributed by atoms with Crippen molar-refractivity contribution in [1.29, 1.82) is 0 Å². The normalized spacial score (nSPS) is 25.7. The highest BCUT2D eigenvalue weighted by atomic mass is 16.4. The first-order valence-electron chi connectivity index (χ1n) is 14.5. The smallest absolute Gasteiger partial charge is 0.251 e. The van der Waals surface area contributed by atoms with E-state index in [0.717, 1.165) is 80.5 Å². The largest absolute Gasteiger partial charge is 0.554 e. The van der Waals surface area contributed by atoms with E-state index < -0.39 is 12.1 Å².